The van der Waals surface area contributed by atoms with E-state index in [2.05, 4.69) is 15.2 Å². The summed E-state index contributed by atoms with van der Waals surface area (Å²) in [6, 6.07) is 24.0. The summed E-state index contributed by atoms with van der Waals surface area (Å²) in [6.07, 6.45) is 5.70. The van der Waals surface area contributed by atoms with Gasteiger partial charge in [0.2, 0.25) is 0 Å². The first-order valence-corrected chi connectivity index (χ1v) is 17.0. The Labute approximate surface area is 268 Å². The van der Waals surface area contributed by atoms with Gasteiger partial charge in [-0.3, -0.25) is 0 Å². The van der Waals surface area contributed by atoms with Crippen molar-refractivity contribution in [3.63, 3.8) is 0 Å². The third-order valence-corrected chi connectivity index (χ3v) is 10.2. The molecule has 1 aliphatic heterocycles. The number of halogens is 2. The van der Waals surface area contributed by atoms with Gasteiger partial charge in [-0.05, 0) is 91.7 Å². The van der Waals surface area contributed by atoms with Crippen molar-refractivity contribution in [2.24, 2.45) is 0 Å². The van der Waals surface area contributed by atoms with Crippen molar-refractivity contribution in [1.29, 1.82) is 0 Å². The monoisotopic (exact) mass is 641 g/mol. The van der Waals surface area contributed by atoms with E-state index in [1.165, 1.54) is 36.0 Å². The van der Waals surface area contributed by atoms with Crippen LogP contribution in [0.3, 0.4) is 0 Å². The average Bonchev–Trinajstić information content (AvgIpc) is 3.55. The Bertz CT molecular complexity index is 1910. The number of anilines is 1. The van der Waals surface area contributed by atoms with Crippen molar-refractivity contribution in [2.45, 2.75) is 37.0 Å². The molecule has 0 bridgehead atoms. The Hall–Kier alpha value is -4.41. The Morgan fingerprint density at radius 1 is 0.804 bits per heavy atom. The SMILES string of the molecule is CN(C)c1cccc2c(S(=O)(=O)n3cc(CCCCN4CCC(=C(c5ccc(F)cc5)c5ccc(F)cc5)CC4)nn3)cccc12. The number of fused-ring (bicyclic) bond motifs is 1. The van der Waals surface area contributed by atoms with E-state index in [1.807, 2.05) is 43.3 Å². The predicted molar refractivity (Wildman–Crippen MR) is 178 cm³/mol. The minimum Gasteiger partial charge on any atom is -0.377 e. The molecule has 238 valence electrons. The summed E-state index contributed by atoms with van der Waals surface area (Å²) < 4.78 is 55.4. The van der Waals surface area contributed by atoms with E-state index in [1.54, 1.807) is 36.4 Å². The normalized spacial score (nSPS) is 14.1. The Morgan fingerprint density at radius 2 is 1.41 bits per heavy atom. The number of likely N-dealkylation sites (tertiary alicyclic amines) is 1. The van der Waals surface area contributed by atoms with Gasteiger partial charge in [-0.25, -0.2) is 8.78 Å². The van der Waals surface area contributed by atoms with Crippen molar-refractivity contribution < 1.29 is 17.2 Å². The molecule has 0 aliphatic carbocycles. The second-order valence-electron chi connectivity index (χ2n) is 11.9. The van der Waals surface area contributed by atoms with Gasteiger partial charge in [-0.15, -0.1) is 9.19 Å². The maximum absolute atomic E-state index is 13.7. The highest BCUT2D eigenvalue weighted by atomic mass is 32.2. The van der Waals surface area contributed by atoms with Crippen LogP contribution in [-0.2, 0) is 16.4 Å². The molecule has 0 unspecified atom stereocenters. The summed E-state index contributed by atoms with van der Waals surface area (Å²) in [4.78, 5) is 4.59. The van der Waals surface area contributed by atoms with E-state index in [0.717, 1.165) is 77.2 Å². The highest BCUT2D eigenvalue weighted by Crippen LogP contribution is 2.33. The number of hydrogen-bond acceptors (Lipinski definition) is 6. The first-order valence-electron chi connectivity index (χ1n) is 15.5. The van der Waals surface area contributed by atoms with Crippen LogP contribution in [0.2, 0.25) is 0 Å². The van der Waals surface area contributed by atoms with E-state index >= 15 is 0 Å². The van der Waals surface area contributed by atoms with Crippen molar-refractivity contribution in [3.8, 4) is 0 Å². The molecule has 1 saturated heterocycles. The molecule has 6 rings (SSSR count). The maximum atomic E-state index is 13.7. The first-order chi connectivity index (χ1) is 22.2. The average molecular weight is 642 g/mol. The topological polar surface area (TPSA) is 71.3 Å². The van der Waals surface area contributed by atoms with E-state index in [4.69, 9.17) is 0 Å². The molecule has 0 saturated carbocycles. The Balaban J connectivity index is 1.06. The van der Waals surface area contributed by atoms with Crippen LogP contribution in [0.4, 0.5) is 14.5 Å². The van der Waals surface area contributed by atoms with Crippen molar-refractivity contribution in [3.05, 3.63) is 125 Å². The molecule has 46 heavy (non-hydrogen) atoms. The fraction of sp³-hybridized carbons (Fsp3) is 0.278. The molecular formula is C36H37F2N5O2S. The second-order valence-corrected chi connectivity index (χ2v) is 13.7. The molecular weight excluding hydrogens is 604 g/mol. The van der Waals surface area contributed by atoms with Gasteiger partial charge in [0.15, 0.2) is 0 Å². The smallest absolute Gasteiger partial charge is 0.284 e. The number of piperidine rings is 1. The molecule has 7 nitrogen and oxygen atoms in total. The summed E-state index contributed by atoms with van der Waals surface area (Å²) in [5, 5.41) is 9.67. The van der Waals surface area contributed by atoms with Crippen LogP contribution in [0.25, 0.3) is 16.3 Å². The lowest BCUT2D eigenvalue weighted by Gasteiger charge is -2.30. The zero-order chi connectivity index (χ0) is 32.3. The number of hydrogen-bond donors (Lipinski definition) is 0. The standard InChI is InChI=1S/C36H37F2N5O2S/c1-41(2)34-10-5-9-33-32(34)8-6-11-35(33)46(44,45)43-25-31(39-40-43)7-3-4-22-42-23-20-28(21-24-42)36(26-12-16-29(37)17-13-26)27-14-18-30(38)19-15-27/h5-6,8-19,25H,3-4,7,20-24H2,1-2H3. The highest BCUT2D eigenvalue weighted by Gasteiger charge is 2.23. The maximum Gasteiger partial charge on any atom is 0.284 e. The molecule has 1 fully saturated rings. The lowest BCUT2D eigenvalue weighted by atomic mass is 9.88. The zero-order valence-electron chi connectivity index (χ0n) is 26.0. The molecule has 10 heteroatoms. The quantitative estimate of drug-likeness (QED) is 0.154. The zero-order valence-corrected chi connectivity index (χ0v) is 26.9. The van der Waals surface area contributed by atoms with Crippen LogP contribution in [0.1, 0.15) is 42.5 Å². The van der Waals surface area contributed by atoms with E-state index in [-0.39, 0.29) is 16.5 Å². The first kappa shape index (κ1) is 31.6. The molecule has 0 amide bonds. The number of rotatable bonds is 10. The number of nitrogens with zero attached hydrogens (tertiary/aromatic N) is 5. The highest BCUT2D eigenvalue weighted by molar-refractivity contribution is 7.90. The third-order valence-electron chi connectivity index (χ3n) is 8.62. The van der Waals surface area contributed by atoms with Crippen molar-refractivity contribution >= 4 is 32.1 Å². The Kier molecular flexibility index (Phi) is 9.28. The molecule has 0 atom stereocenters. The third kappa shape index (κ3) is 6.73. The summed E-state index contributed by atoms with van der Waals surface area (Å²) >= 11 is 0. The van der Waals surface area contributed by atoms with Gasteiger partial charge in [0.05, 0.1) is 16.8 Å². The minimum absolute atomic E-state index is 0.200. The molecule has 1 aliphatic rings. The second kappa shape index (κ2) is 13.5. The molecule has 4 aromatic carbocycles. The van der Waals surface area contributed by atoms with Gasteiger partial charge in [-0.2, -0.15) is 8.42 Å². The van der Waals surface area contributed by atoms with Gasteiger partial charge >= 0.3 is 0 Å². The molecule has 0 radical (unpaired) electrons. The van der Waals surface area contributed by atoms with E-state index < -0.39 is 10.0 Å². The van der Waals surface area contributed by atoms with Gasteiger partial charge in [0, 0.05) is 43.6 Å². The number of aromatic nitrogens is 3. The number of benzene rings is 4. The minimum atomic E-state index is -3.92. The number of aryl methyl sites for hydroxylation is 1. The largest absolute Gasteiger partial charge is 0.377 e. The van der Waals surface area contributed by atoms with Crippen LogP contribution in [0.5, 0.6) is 0 Å². The fourth-order valence-electron chi connectivity index (χ4n) is 6.24. The molecule has 2 heterocycles. The van der Waals surface area contributed by atoms with Crippen LogP contribution in [0.15, 0.2) is 102 Å². The van der Waals surface area contributed by atoms with Gasteiger partial charge in [0.25, 0.3) is 10.0 Å². The summed E-state index contributed by atoms with van der Waals surface area (Å²) in [5.41, 5.74) is 5.80. The van der Waals surface area contributed by atoms with Crippen LogP contribution in [-0.4, -0.2) is 61.4 Å². The Morgan fingerprint density at radius 3 is 2.04 bits per heavy atom. The van der Waals surface area contributed by atoms with Crippen LogP contribution >= 0.6 is 0 Å². The summed E-state index contributed by atoms with van der Waals surface area (Å²) in [6.45, 7) is 2.72. The summed E-state index contributed by atoms with van der Waals surface area (Å²) in [5.74, 6) is -0.565. The van der Waals surface area contributed by atoms with Gasteiger partial charge in [0.1, 0.15) is 11.6 Å². The predicted octanol–water partition coefficient (Wildman–Crippen LogP) is 6.93. The van der Waals surface area contributed by atoms with E-state index in [9.17, 15) is 17.2 Å². The molecule has 0 N–H and O–H groups in total. The van der Waals surface area contributed by atoms with Gasteiger partial charge in [-0.1, -0.05) is 59.3 Å². The molecule has 5 aromatic rings. The van der Waals surface area contributed by atoms with Crippen molar-refractivity contribution in [2.75, 3.05) is 38.6 Å². The van der Waals surface area contributed by atoms with E-state index in [0.29, 0.717) is 17.5 Å². The molecule has 1 aromatic heterocycles. The van der Waals surface area contributed by atoms with Gasteiger partial charge < -0.3 is 9.80 Å². The van der Waals surface area contributed by atoms with Crippen molar-refractivity contribution in [1.82, 2.24) is 19.3 Å². The lowest BCUT2D eigenvalue weighted by Crippen LogP contribution is -2.32. The summed E-state index contributed by atoms with van der Waals surface area (Å²) in [7, 11) is -0.0533. The van der Waals surface area contributed by atoms with Crippen LogP contribution in [0, 0.1) is 11.6 Å². The van der Waals surface area contributed by atoms with Crippen LogP contribution < -0.4 is 4.90 Å². The number of unbranched alkanes of at least 4 members (excludes halogenated alkanes) is 1. The fourth-order valence-corrected chi connectivity index (χ4v) is 7.54. The molecule has 0 spiro atoms. The lowest BCUT2D eigenvalue weighted by molar-refractivity contribution is 0.252.